The SMILES string of the molecule is COc1cc2ccccc2cc1C(=O)OCC(=O)Nc1cc([N+](=O)[O-])ccc1F. The van der Waals surface area contributed by atoms with Crippen LogP contribution >= 0.6 is 0 Å². The van der Waals surface area contributed by atoms with Gasteiger partial charge in [0.15, 0.2) is 6.61 Å². The maximum atomic E-state index is 13.7. The Hall–Kier alpha value is -4.01. The highest BCUT2D eigenvalue weighted by molar-refractivity contribution is 6.00. The number of fused-ring (bicyclic) bond motifs is 1. The highest BCUT2D eigenvalue weighted by Gasteiger charge is 2.18. The number of ether oxygens (including phenoxy) is 2. The fourth-order valence-corrected chi connectivity index (χ4v) is 2.67. The molecule has 0 bridgehead atoms. The van der Waals surface area contributed by atoms with Crippen molar-refractivity contribution in [2.24, 2.45) is 0 Å². The molecule has 0 aliphatic carbocycles. The molecule has 1 N–H and O–H groups in total. The average molecular weight is 398 g/mol. The van der Waals surface area contributed by atoms with Gasteiger partial charge in [0.05, 0.1) is 17.7 Å². The van der Waals surface area contributed by atoms with Crippen LogP contribution in [0.1, 0.15) is 10.4 Å². The summed E-state index contributed by atoms with van der Waals surface area (Å²) >= 11 is 0. The van der Waals surface area contributed by atoms with Gasteiger partial charge in [0, 0.05) is 12.1 Å². The van der Waals surface area contributed by atoms with Gasteiger partial charge >= 0.3 is 5.97 Å². The minimum absolute atomic E-state index is 0.125. The molecule has 29 heavy (non-hydrogen) atoms. The van der Waals surface area contributed by atoms with Crippen molar-refractivity contribution in [1.29, 1.82) is 0 Å². The van der Waals surface area contributed by atoms with E-state index in [9.17, 15) is 24.1 Å². The number of hydrogen-bond acceptors (Lipinski definition) is 6. The molecule has 0 saturated carbocycles. The maximum Gasteiger partial charge on any atom is 0.342 e. The molecule has 0 aliphatic heterocycles. The number of benzene rings is 3. The van der Waals surface area contributed by atoms with Crippen molar-refractivity contribution in [3.8, 4) is 5.75 Å². The van der Waals surface area contributed by atoms with Gasteiger partial charge in [-0.05, 0) is 29.0 Å². The molecule has 0 radical (unpaired) electrons. The van der Waals surface area contributed by atoms with Gasteiger partial charge in [-0.25, -0.2) is 9.18 Å². The second kappa shape index (κ2) is 8.34. The Kier molecular flexibility index (Phi) is 5.68. The molecule has 3 aromatic rings. The number of methoxy groups -OCH3 is 1. The quantitative estimate of drug-likeness (QED) is 0.385. The molecule has 0 aromatic heterocycles. The lowest BCUT2D eigenvalue weighted by atomic mass is 10.1. The second-order valence-corrected chi connectivity index (χ2v) is 5.95. The highest BCUT2D eigenvalue weighted by atomic mass is 19.1. The first-order valence-electron chi connectivity index (χ1n) is 8.36. The molecule has 0 atom stereocenters. The van der Waals surface area contributed by atoms with E-state index in [0.717, 1.165) is 29.0 Å². The van der Waals surface area contributed by atoms with Gasteiger partial charge in [0.25, 0.3) is 11.6 Å². The minimum atomic E-state index is -0.855. The van der Waals surface area contributed by atoms with Crippen LogP contribution in [-0.2, 0) is 9.53 Å². The van der Waals surface area contributed by atoms with Crippen LogP contribution in [0.2, 0.25) is 0 Å². The Balaban J connectivity index is 1.71. The molecule has 3 aromatic carbocycles. The van der Waals surface area contributed by atoms with Gasteiger partial charge in [0.2, 0.25) is 0 Å². The molecule has 1 amide bonds. The predicted molar refractivity (Wildman–Crippen MR) is 102 cm³/mol. The summed E-state index contributed by atoms with van der Waals surface area (Å²) in [5, 5.41) is 14.6. The molecular formula is C20H15FN2O6. The number of halogens is 1. The standard InChI is InChI=1S/C20H15FN2O6/c1-28-18-9-13-5-3-2-4-12(13)8-15(18)20(25)29-11-19(24)22-17-10-14(23(26)27)6-7-16(17)21/h2-10H,11H2,1H3,(H,22,24). The van der Waals surface area contributed by atoms with Crippen molar-refractivity contribution in [3.63, 3.8) is 0 Å². The Morgan fingerprint density at radius 3 is 2.45 bits per heavy atom. The van der Waals surface area contributed by atoms with Gasteiger partial charge in [-0.1, -0.05) is 24.3 Å². The van der Waals surface area contributed by atoms with Gasteiger partial charge in [-0.2, -0.15) is 0 Å². The summed E-state index contributed by atoms with van der Waals surface area (Å²) in [5.41, 5.74) is -0.649. The summed E-state index contributed by atoms with van der Waals surface area (Å²) in [6.07, 6.45) is 0. The molecule has 9 heteroatoms. The van der Waals surface area contributed by atoms with Crippen molar-refractivity contribution in [3.05, 3.63) is 76.1 Å². The molecular weight excluding hydrogens is 383 g/mol. The molecule has 0 unspecified atom stereocenters. The van der Waals surface area contributed by atoms with Gasteiger partial charge < -0.3 is 14.8 Å². The van der Waals surface area contributed by atoms with Crippen LogP contribution in [-0.4, -0.2) is 30.5 Å². The van der Waals surface area contributed by atoms with Crippen LogP contribution in [0.5, 0.6) is 5.75 Å². The van der Waals surface area contributed by atoms with Crippen LogP contribution in [0, 0.1) is 15.9 Å². The molecule has 148 valence electrons. The number of non-ortho nitro benzene ring substituents is 1. The number of nitrogens with zero attached hydrogens (tertiary/aromatic N) is 1. The fraction of sp³-hybridized carbons (Fsp3) is 0.100. The predicted octanol–water partition coefficient (Wildman–Crippen LogP) is 3.69. The van der Waals surface area contributed by atoms with Crippen molar-refractivity contribution in [1.82, 2.24) is 0 Å². The normalized spacial score (nSPS) is 10.4. The Labute approximate surface area is 164 Å². The summed E-state index contributed by atoms with van der Waals surface area (Å²) in [4.78, 5) is 34.4. The zero-order valence-electron chi connectivity index (χ0n) is 15.2. The van der Waals surface area contributed by atoms with Gasteiger partial charge in [-0.15, -0.1) is 0 Å². The lowest BCUT2D eigenvalue weighted by Crippen LogP contribution is -2.21. The number of carbonyl (C=O) groups excluding carboxylic acids is 2. The third kappa shape index (κ3) is 4.46. The van der Waals surface area contributed by atoms with E-state index in [2.05, 4.69) is 5.32 Å². The summed E-state index contributed by atoms with van der Waals surface area (Å²) in [6.45, 7) is -0.711. The molecule has 0 fully saturated rings. The molecule has 3 rings (SSSR count). The number of esters is 1. The molecule has 0 aliphatic rings. The topological polar surface area (TPSA) is 108 Å². The van der Waals surface area contributed by atoms with Gasteiger partial charge in [-0.3, -0.25) is 14.9 Å². The van der Waals surface area contributed by atoms with E-state index >= 15 is 0 Å². The number of carbonyl (C=O) groups is 2. The third-order valence-electron chi connectivity index (χ3n) is 4.06. The second-order valence-electron chi connectivity index (χ2n) is 5.95. The lowest BCUT2D eigenvalue weighted by molar-refractivity contribution is -0.384. The maximum absolute atomic E-state index is 13.7. The number of rotatable bonds is 6. The van der Waals surface area contributed by atoms with Crippen LogP contribution in [0.4, 0.5) is 15.8 Å². The van der Waals surface area contributed by atoms with Crippen molar-refractivity contribution >= 4 is 34.0 Å². The number of anilines is 1. The van der Waals surface area contributed by atoms with Gasteiger partial charge in [0.1, 0.15) is 17.1 Å². The smallest absolute Gasteiger partial charge is 0.342 e. The lowest BCUT2D eigenvalue weighted by Gasteiger charge is -2.11. The van der Waals surface area contributed by atoms with E-state index in [0.29, 0.717) is 0 Å². The van der Waals surface area contributed by atoms with E-state index in [1.807, 2.05) is 24.3 Å². The fourth-order valence-electron chi connectivity index (χ4n) is 2.67. The molecule has 8 nitrogen and oxygen atoms in total. The first-order valence-corrected chi connectivity index (χ1v) is 8.36. The average Bonchev–Trinajstić information content (AvgIpc) is 2.72. The Bertz CT molecular complexity index is 1120. The first-order chi connectivity index (χ1) is 13.9. The van der Waals surface area contributed by atoms with E-state index in [-0.39, 0.29) is 22.7 Å². The highest BCUT2D eigenvalue weighted by Crippen LogP contribution is 2.26. The molecule has 0 heterocycles. The van der Waals surface area contributed by atoms with E-state index in [4.69, 9.17) is 9.47 Å². The van der Waals surface area contributed by atoms with Crippen molar-refractivity contribution in [2.75, 3.05) is 19.0 Å². The summed E-state index contributed by atoms with van der Waals surface area (Å²) in [7, 11) is 1.40. The minimum Gasteiger partial charge on any atom is -0.496 e. The Morgan fingerprint density at radius 2 is 1.79 bits per heavy atom. The summed E-state index contributed by atoms with van der Waals surface area (Å²) in [6, 6.07) is 13.3. The van der Waals surface area contributed by atoms with Crippen LogP contribution < -0.4 is 10.1 Å². The molecule has 0 spiro atoms. The van der Waals surface area contributed by atoms with Crippen LogP contribution in [0.15, 0.2) is 54.6 Å². The monoisotopic (exact) mass is 398 g/mol. The number of amides is 1. The Morgan fingerprint density at radius 1 is 1.10 bits per heavy atom. The third-order valence-corrected chi connectivity index (χ3v) is 4.06. The summed E-state index contributed by atoms with van der Waals surface area (Å²) in [5.74, 6) is -2.23. The zero-order chi connectivity index (χ0) is 21.0. The van der Waals surface area contributed by atoms with Crippen molar-refractivity contribution in [2.45, 2.75) is 0 Å². The largest absolute Gasteiger partial charge is 0.496 e. The number of nitro groups is 1. The van der Waals surface area contributed by atoms with E-state index < -0.39 is 29.2 Å². The van der Waals surface area contributed by atoms with E-state index in [1.165, 1.54) is 7.11 Å². The summed E-state index contributed by atoms with van der Waals surface area (Å²) < 4.78 is 23.9. The first kappa shape index (κ1) is 19.7. The van der Waals surface area contributed by atoms with Crippen molar-refractivity contribution < 1.29 is 28.4 Å². The number of hydrogen-bond donors (Lipinski definition) is 1. The van der Waals surface area contributed by atoms with Crippen LogP contribution in [0.3, 0.4) is 0 Å². The number of nitro benzene ring substituents is 1. The zero-order valence-corrected chi connectivity index (χ0v) is 15.2. The van der Waals surface area contributed by atoms with E-state index in [1.54, 1.807) is 12.1 Å². The number of nitrogens with one attached hydrogen (secondary N) is 1. The van der Waals surface area contributed by atoms with Crippen LogP contribution in [0.25, 0.3) is 10.8 Å². The molecule has 0 saturated heterocycles.